The Balaban J connectivity index is 2.00. The zero-order valence-electron chi connectivity index (χ0n) is 11.8. The molecule has 0 spiro atoms. The fourth-order valence-corrected chi connectivity index (χ4v) is 2.25. The molecule has 0 fully saturated rings. The van der Waals surface area contributed by atoms with Gasteiger partial charge in [0.15, 0.2) is 0 Å². The first-order valence-corrected chi connectivity index (χ1v) is 6.71. The van der Waals surface area contributed by atoms with Crippen LogP contribution >= 0.6 is 0 Å². The minimum Gasteiger partial charge on any atom is -0.294 e. The van der Waals surface area contributed by atoms with Crippen LogP contribution in [0, 0.1) is 21.4 Å². The monoisotopic (exact) mass is 306 g/mol. The molecule has 0 unspecified atom stereocenters. The van der Waals surface area contributed by atoms with Crippen molar-refractivity contribution in [1.29, 1.82) is 5.26 Å². The van der Waals surface area contributed by atoms with E-state index >= 15 is 0 Å². The molecule has 0 aliphatic heterocycles. The Morgan fingerprint density at radius 3 is 2.61 bits per heavy atom. The fourth-order valence-electron chi connectivity index (χ4n) is 2.25. The maximum absolute atomic E-state index is 12.4. The lowest BCUT2D eigenvalue weighted by atomic mass is 10.1. The van der Waals surface area contributed by atoms with E-state index in [9.17, 15) is 14.9 Å². The fraction of sp³-hybridized carbons (Fsp3) is 0.0625. The van der Waals surface area contributed by atoms with Gasteiger partial charge >= 0.3 is 0 Å². The van der Waals surface area contributed by atoms with Gasteiger partial charge in [0.25, 0.3) is 11.2 Å². The summed E-state index contributed by atoms with van der Waals surface area (Å²) in [5, 5.41) is 19.9. The molecule has 1 heterocycles. The second-order valence-corrected chi connectivity index (χ2v) is 4.94. The molecule has 23 heavy (non-hydrogen) atoms. The van der Waals surface area contributed by atoms with Gasteiger partial charge in [-0.3, -0.25) is 19.5 Å². The van der Waals surface area contributed by atoms with E-state index in [1.807, 2.05) is 6.07 Å². The number of benzene rings is 2. The van der Waals surface area contributed by atoms with Crippen LogP contribution in [0.3, 0.4) is 0 Å². The average molecular weight is 306 g/mol. The van der Waals surface area contributed by atoms with Gasteiger partial charge in [0.05, 0.1) is 40.3 Å². The lowest BCUT2D eigenvalue weighted by Crippen LogP contribution is -2.21. The van der Waals surface area contributed by atoms with E-state index in [2.05, 4.69) is 4.98 Å². The van der Waals surface area contributed by atoms with E-state index in [4.69, 9.17) is 5.26 Å². The molecule has 0 bridgehead atoms. The van der Waals surface area contributed by atoms with Gasteiger partial charge in [0.2, 0.25) is 0 Å². The largest absolute Gasteiger partial charge is 0.294 e. The molecule has 3 aromatic rings. The first-order valence-electron chi connectivity index (χ1n) is 6.71. The van der Waals surface area contributed by atoms with Crippen LogP contribution in [0.5, 0.6) is 0 Å². The molecular weight excluding hydrogens is 296 g/mol. The molecule has 0 aliphatic carbocycles. The topological polar surface area (TPSA) is 102 Å². The van der Waals surface area contributed by atoms with E-state index < -0.39 is 4.92 Å². The number of non-ortho nitro benzene ring substituents is 1. The highest BCUT2D eigenvalue weighted by atomic mass is 16.6. The van der Waals surface area contributed by atoms with Crippen LogP contribution in [0.4, 0.5) is 5.69 Å². The van der Waals surface area contributed by atoms with Crippen molar-refractivity contribution < 1.29 is 4.92 Å². The minimum atomic E-state index is -0.524. The number of rotatable bonds is 3. The number of nitro benzene ring substituents is 1. The van der Waals surface area contributed by atoms with Gasteiger partial charge in [0, 0.05) is 12.1 Å². The van der Waals surface area contributed by atoms with Crippen molar-refractivity contribution in [3.8, 4) is 6.07 Å². The second kappa shape index (κ2) is 5.69. The van der Waals surface area contributed by atoms with Crippen molar-refractivity contribution in [2.45, 2.75) is 6.54 Å². The van der Waals surface area contributed by atoms with Crippen molar-refractivity contribution in [2.75, 3.05) is 0 Å². The summed E-state index contributed by atoms with van der Waals surface area (Å²) >= 11 is 0. The Bertz CT molecular complexity index is 1000. The molecule has 0 saturated carbocycles. The van der Waals surface area contributed by atoms with Crippen molar-refractivity contribution >= 4 is 16.6 Å². The molecule has 0 radical (unpaired) electrons. The number of hydrogen-bond acceptors (Lipinski definition) is 5. The molecule has 112 valence electrons. The van der Waals surface area contributed by atoms with E-state index in [0.717, 1.165) is 5.56 Å². The number of nitro groups is 1. The SMILES string of the molecule is N#Cc1ccc(Cn2cnc3cc([N+](=O)[O-])ccc3c2=O)cc1. The normalized spacial score (nSPS) is 10.4. The molecule has 0 aliphatic rings. The predicted molar refractivity (Wildman–Crippen MR) is 82.9 cm³/mol. The van der Waals surface area contributed by atoms with E-state index in [0.29, 0.717) is 23.0 Å². The van der Waals surface area contributed by atoms with Crippen LogP contribution in [-0.4, -0.2) is 14.5 Å². The van der Waals surface area contributed by atoms with Crippen LogP contribution in [0.2, 0.25) is 0 Å². The molecule has 0 amide bonds. The Hall–Kier alpha value is -3.53. The van der Waals surface area contributed by atoms with Gasteiger partial charge in [-0.25, -0.2) is 4.98 Å². The maximum atomic E-state index is 12.4. The number of nitriles is 1. The quantitative estimate of drug-likeness (QED) is 0.545. The highest BCUT2D eigenvalue weighted by Crippen LogP contribution is 2.16. The summed E-state index contributed by atoms with van der Waals surface area (Å²) in [6.45, 7) is 0.310. The summed E-state index contributed by atoms with van der Waals surface area (Å²) in [4.78, 5) is 26.8. The van der Waals surface area contributed by atoms with Gasteiger partial charge in [-0.15, -0.1) is 0 Å². The summed E-state index contributed by atoms with van der Waals surface area (Å²) < 4.78 is 1.43. The van der Waals surface area contributed by atoms with Crippen LogP contribution < -0.4 is 5.56 Å². The lowest BCUT2D eigenvalue weighted by molar-refractivity contribution is -0.384. The second-order valence-electron chi connectivity index (χ2n) is 4.94. The standard InChI is InChI=1S/C16H10N4O3/c17-8-11-1-3-12(4-2-11)9-19-10-18-15-7-13(20(22)23)5-6-14(15)16(19)21/h1-7,10H,9H2. The number of hydrogen-bond donors (Lipinski definition) is 0. The molecular formula is C16H10N4O3. The Morgan fingerprint density at radius 1 is 1.22 bits per heavy atom. The molecule has 1 aromatic heterocycles. The third-order valence-electron chi connectivity index (χ3n) is 3.46. The lowest BCUT2D eigenvalue weighted by Gasteiger charge is -2.07. The third-order valence-corrected chi connectivity index (χ3v) is 3.46. The Morgan fingerprint density at radius 2 is 1.96 bits per heavy atom. The molecule has 0 N–H and O–H groups in total. The van der Waals surface area contributed by atoms with Crippen LogP contribution in [0.1, 0.15) is 11.1 Å². The Kier molecular flexibility index (Phi) is 3.57. The van der Waals surface area contributed by atoms with Crippen LogP contribution in [0.25, 0.3) is 10.9 Å². The van der Waals surface area contributed by atoms with E-state index in [1.54, 1.807) is 24.3 Å². The van der Waals surface area contributed by atoms with E-state index in [1.165, 1.54) is 29.1 Å². The van der Waals surface area contributed by atoms with Crippen molar-refractivity contribution in [1.82, 2.24) is 9.55 Å². The van der Waals surface area contributed by atoms with Gasteiger partial charge in [-0.2, -0.15) is 5.26 Å². The highest BCUT2D eigenvalue weighted by Gasteiger charge is 2.10. The number of fused-ring (bicyclic) bond motifs is 1. The number of aromatic nitrogens is 2. The maximum Gasteiger partial charge on any atom is 0.271 e. The predicted octanol–water partition coefficient (Wildman–Crippen LogP) is 2.22. The highest BCUT2D eigenvalue weighted by molar-refractivity contribution is 5.79. The summed E-state index contributed by atoms with van der Waals surface area (Å²) in [6, 6.07) is 12.9. The van der Waals surface area contributed by atoms with Gasteiger partial charge in [-0.05, 0) is 23.8 Å². The van der Waals surface area contributed by atoms with Gasteiger partial charge in [0.1, 0.15) is 0 Å². The first-order chi connectivity index (χ1) is 11.1. The summed E-state index contributed by atoms with van der Waals surface area (Å²) in [5.41, 5.74) is 1.32. The summed E-state index contributed by atoms with van der Waals surface area (Å²) in [7, 11) is 0. The minimum absolute atomic E-state index is 0.103. The third kappa shape index (κ3) is 2.78. The van der Waals surface area contributed by atoms with Gasteiger partial charge in [-0.1, -0.05) is 12.1 Å². The zero-order valence-corrected chi connectivity index (χ0v) is 11.8. The molecule has 2 aromatic carbocycles. The van der Waals surface area contributed by atoms with Crippen molar-refractivity contribution in [3.63, 3.8) is 0 Å². The first kappa shape index (κ1) is 14.4. The van der Waals surface area contributed by atoms with Crippen molar-refractivity contribution in [2.24, 2.45) is 0 Å². The Labute approximate surface area is 130 Å². The van der Waals surface area contributed by atoms with E-state index in [-0.39, 0.29) is 11.2 Å². The van der Waals surface area contributed by atoms with Crippen molar-refractivity contribution in [3.05, 3.63) is 80.4 Å². The number of nitrogens with zero attached hydrogens (tertiary/aromatic N) is 4. The molecule has 0 saturated heterocycles. The molecule has 7 nitrogen and oxygen atoms in total. The summed E-state index contributed by atoms with van der Waals surface area (Å²) in [5.74, 6) is 0. The molecule has 0 atom stereocenters. The van der Waals surface area contributed by atoms with Gasteiger partial charge < -0.3 is 0 Å². The smallest absolute Gasteiger partial charge is 0.271 e. The average Bonchev–Trinajstić information content (AvgIpc) is 2.57. The van der Waals surface area contributed by atoms with Crippen LogP contribution in [0.15, 0.2) is 53.6 Å². The molecule has 3 rings (SSSR count). The zero-order chi connectivity index (χ0) is 16.4. The molecule has 7 heteroatoms. The van der Waals surface area contributed by atoms with Crippen LogP contribution in [-0.2, 0) is 6.54 Å². The summed E-state index contributed by atoms with van der Waals surface area (Å²) in [6.07, 6.45) is 1.37.